The molecule has 4 amide bonds. The number of amides is 4. The third-order valence-electron chi connectivity index (χ3n) is 17.0. The predicted octanol–water partition coefficient (Wildman–Crippen LogP) is 5.58. The van der Waals surface area contributed by atoms with E-state index < -0.39 is 32.3 Å². The number of urea groups is 2. The van der Waals surface area contributed by atoms with Gasteiger partial charge in [0.2, 0.25) is 20.0 Å². The van der Waals surface area contributed by atoms with Gasteiger partial charge < -0.3 is 59.5 Å². The second kappa shape index (κ2) is 35.5. The molecule has 8 rings (SSSR count). The van der Waals surface area contributed by atoms with Gasteiger partial charge in [0.1, 0.15) is 28.6 Å². The summed E-state index contributed by atoms with van der Waals surface area (Å²) in [4.78, 5) is 33.8. The monoisotopic (exact) mass is 1350 g/mol. The van der Waals surface area contributed by atoms with E-state index in [2.05, 4.69) is 90.6 Å². The molecular formula is C64H88Cl2N12O12S2. The summed E-state index contributed by atoms with van der Waals surface area (Å²) in [7, 11) is 0.478. The van der Waals surface area contributed by atoms with Gasteiger partial charge in [0.05, 0.1) is 93.1 Å². The Hall–Kier alpha value is -5.92. The first-order valence-corrected chi connectivity index (χ1v) is 35.2. The average molecular weight is 1350 g/mol. The number of carbonyl (C=O) groups is 2. The van der Waals surface area contributed by atoms with Crippen LogP contribution in [0.3, 0.4) is 0 Å². The van der Waals surface area contributed by atoms with Crippen molar-refractivity contribution in [3.05, 3.63) is 116 Å². The number of rotatable bonds is 35. The third kappa shape index (κ3) is 20.5. The largest absolute Gasteiger partial charge is 0.484 e. The smallest absolute Gasteiger partial charge is 0.314 e. The van der Waals surface area contributed by atoms with Gasteiger partial charge in [-0.1, -0.05) is 35.3 Å². The van der Waals surface area contributed by atoms with E-state index in [4.69, 9.17) is 51.6 Å². The van der Waals surface area contributed by atoms with Crippen LogP contribution in [-0.4, -0.2) is 219 Å². The van der Waals surface area contributed by atoms with Crippen molar-refractivity contribution in [1.82, 2.24) is 50.3 Å². The minimum absolute atomic E-state index is 0.00536. The van der Waals surface area contributed by atoms with Crippen LogP contribution in [0.15, 0.2) is 82.6 Å². The quantitative estimate of drug-likeness (QED) is 0.0307. The third-order valence-corrected chi connectivity index (χ3v) is 20.4. The number of nitriles is 2. The lowest BCUT2D eigenvalue weighted by atomic mass is 10.0. The predicted molar refractivity (Wildman–Crippen MR) is 349 cm³/mol. The lowest BCUT2D eigenvalue weighted by Gasteiger charge is -2.41. The van der Waals surface area contributed by atoms with Crippen molar-refractivity contribution in [3.8, 4) is 23.6 Å². The first kappa shape index (κ1) is 71.9. The molecular weight excluding hydrogens is 1260 g/mol. The van der Waals surface area contributed by atoms with Gasteiger partial charge in [0, 0.05) is 74.5 Å². The molecule has 2 aliphatic carbocycles. The molecule has 2 heterocycles. The Labute approximate surface area is 551 Å². The van der Waals surface area contributed by atoms with Crippen molar-refractivity contribution in [2.45, 2.75) is 97.5 Å². The molecule has 0 spiro atoms. The Kier molecular flexibility index (Phi) is 27.8. The van der Waals surface area contributed by atoms with Crippen molar-refractivity contribution >= 4 is 55.3 Å². The van der Waals surface area contributed by atoms with Gasteiger partial charge in [-0.05, 0) is 176 Å². The van der Waals surface area contributed by atoms with Crippen LogP contribution in [0.2, 0.25) is 10.0 Å². The standard InChI is InChI=1S/C64H88Cl2N12O12S2/c1-75(2)49-11-9-25-77(43-49)57-39-53-45(41-67)35-47(65)37-55(53)61(57)89-51-15-17-52(18-16-51)91(81,82)73-23-29-87-33-31-85-27-21-71-63(79)69-19-7-8-20-70-64(80)72-22-28-86-32-34-88-30-24-74-92(83,84)60-14-6-5-13-59(60)90-62-56-38-48(66)36-46(42-68)54(56)40-58(62)78-26-10-12-50(44-78)76(3)4/h5-6,13-18,35-38,49-50,57-58,61-62,73-74H,7-12,19-34,39-40,43-44H2,1-4H3,(H2,69,71,79)(H2,70,72,80)/t49-,50-,57-,58-,61-,62-/m0/s1. The molecule has 4 aromatic carbocycles. The fourth-order valence-electron chi connectivity index (χ4n) is 12.2. The van der Waals surface area contributed by atoms with Crippen LogP contribution >= 0.6 is 23.2 Å². The first-order chi connectivity index (χ1) is 44.3. The summed E-state index contributed by atoms with van der Waals surface area (Å²) in [5.74, 6) is 0.702. The summed E-state index contributed by atoms with van der Waals surface area (Å²) in [6, 6.07) is 24.4. The molecule has 6 N–H and O–H groups in total. The number of sulfonamides is 2. The average Bonchev–Trinajstić information content (AvgIpc) is 1.62. The number of nitrogens with one attached hydrogen (secondary N) is 6. The van der Waals surface area contributed by atoms with Crippen molar-refractivity contribution < 1.29 is 54.8 Å². The van der Waals surface area contributed by atoms with E-state index in [1.165, 1.54) is 18.2 Å². The zero-order valence-corrected chi connectivity index (χ0v) is 56.1. The number of fused-ring (bicyclic) bond motifs is 2. The SMILES string of the molecule is CN(C)[C@H]1CCCN([C@H]2Cc3c(C#N)cc(Cl)cc3[C@@H]2Oc2ccc(S(=O)(=O)NCCOCCOCCNC(=O)NCCCCNC(=O)NCCOCCOCCNS(=O)(=O)c3ccccc3O[C@H]3c4cc(Cl)cc(C#N)c4C[C@@H]3N3CCC[C@H](N(C)C)C3)cc2)C1. The molecule has 6 atom stereocenters. The summed E-state index contributed by atoms with van der Waals surface area (Å²) in [5.41, 5.74) is 4.51. The van der Waals surface area contributed by atoms with E-state index in [0.717, 1.165) is 74.1 Å². The van der Waals surface area contributed by atoms with Gasteiger partial charge in [-0.3, -0.25) is 9.80 Å². The maximum atomic E-state index is 13.7. The first-order valence-electron chi connectivity index (χ1n) is 31.5. The number of benzene rings is 4. The number of ether oxygens (including phenoxy) is 6. The van der Waals surface area contributed by atoms with Gasteiger partial charge in [-0.15, -0.1) is 0 Å². The Bertz CT molecular complexity index is 3400. The number of unbranched alkanes of at least 4 members (excludes halogenated alkanes) is 1. The van der Waals surface area contributed by atoms with E-state index in [9.17, 15) is 36.9 Å². The summed E-state index contributed by atoms with van der Waals surface area (Å²) >= 11 is 13.0. The zero-order chi connectivity index (χ0) is 65.6. The number of nitrogens with zero attached hydrogens (tertiary/aromatic N) is 6. The topological polar surface area (TPSA) is 291 Å². The normalized spacial score (nSPS) is 20.1. The van der Waals surface area contributed by atoms with Gasteiger partial charge in [0.25, 0.3) is 0 Å². The molecule has 0 saturated carbocycles. The Morgan fingerprint density at radius 3 is 1.47 bits per heavy atom. The molecule has 2 aliphatic heterocycles. The molecule has 0 radical (unpaired) electrons. The lowest BCUT2D eigenvalue weighted by Crippen LogP contribution is -2.51. The van der Waals surface area contributed by atoms with Crippen LogP contribution in [0.4, 0.5) is 9.59 Å². The minimum atomic E-state index is -4.02. The van der Waals surface area contributed by atoms with Gasteiger partial charge in [-0.25, -0.2) is 35.9 Å². The number of halogens is 2. The van der Waals surface area contributed by atoms with Crippen LogP contribution in [0.5, 0.6) is 11.5 Å². The van der Waals surface area contributed by atoms with Crippen molar-refractivity contribution in [1.29, 1.82) is 10.5 Å². The van der Waals surface area contributed by atoms with E-state index in [-0.39, 0.29) is 119 Å². The maximum Gasteiger partial charge on any atom is 0.314 e. The molecule has 2 fully saturated rings. The lowest BCUT2D eigenvalue weighted by molar-refractivity contribution is 0.0369. The molecule has 4 aliphatic rings. The highest BCUT2D eigenvalue weighted by molar-refractivity contribution is 7.89. The van der Waals surface area contributed by atoms with Gasteiger partial charge in [0.15, 0.2) is 0 Å². The van der Waals surface area contributed by atoms with Crippen molar-refractivity contribution in [3.63, 3.8) is 0 Å². The number of hydrogen-bond donors (Lipinski definition) is 6. The highest BCUT2D eigenvalue weighted by atomic mass is 35.5. The summed E-state index contributed by atoms with van der Waals surface area (Å²) in [6.07, 6.45) is 5.78. The van der Waals surface area contributed by atoms with Crippen LogP contribution in [0.25, 0.3) is 0 Å². The molecule has 24 nitrogen and oxygen atoms in total. The summed E-state index contributed by atoms with van der Waals surface area (Å²) < 4.78 is 94.4. The fraction of sp³-hybridized carbons (Fsp3) is 0.562. The number of likely N-dealkylation sites (tertiary alicyclic amines) is 2. The second-order valence-corrected chi connectivity index (χ2v) is 28.0. The summed E-state index contributed by atoms with van der Waals surface area (Å²) in [5, 5.41) is 31.8. The second-order valence-electron chi connectivity index (χ2n) is 23.6. The molecule has 0 aromatic heterocycles. The molecule has 4 aromatic rings. The number of likely N-dealkylation sites (N-methyl/N-ethyl adjacent to an activating group) is 2. The molecule has 0 bridgehead atoms. The fourth-order valence-corrected chi connectivity index (χ4v) is 14.8. The number of carbonyl (C=O) groups excluding carboxylic acids is 2. The highest BCUT2D eigenvalue weighted by Gasteiger charge is 2.44. The Balaban J connectivity index is 0.607. The van der Waals surface area contributed by atoms with E-state index in [1.807, 2.05) is 12.1 Å². The van der Waals surface area contributed by atoms with E-state index in [1.54, 1.807) is 42.5 Å². The summed E-state index contributed by atoms with van der Waals surface area (Å²) in [6.45, 7) is 6.47. The highest BCUT2D eigenvalue weighted by Crippen LogP contribution is 2.44. The molecule has 0 unspecified atom stereocenters. The van der Waals surface area contributed by atoms with Crippen LogP contribution in [0.1, 0.15) is 84.1 Å². The van der Waals surface area contributed by atoms with E-state index in [0.29, 0.717) is 77.8 Å². The van der Waals surface area contributed by atoms with E-state index >= 15 is 0 Å². The number of para-hydroxylation sites is 1. The molecule has 2 saturated heterocycles. The zero-order valence-electron chi connectivity index (χ0n) is 52.9. The maximum absolute atomic E-state index is 13.7. The number of hydrogen-bond acceptors (Lipinski definition) is 18. The van der Waals surface area contributed by atoms with Crippen LogP contribution in [0, 0.1) is 22.7 Å². The van der Waals surface area contributed by atoms with Gasteiger partial charge >= 0.3 is 12.1 Å². The van der Waals surface area contributed by atoms with Crippen LogP contribution in [-0.2, 0) is 51.8 Å². The van der Waals surface area contributed by atoms with Crippen molar-refractivity contribution in [2.24, 2.45) is 0 Å². The number of piperidine rings is 2. The van der Waals surface area contributed by atoms with Crippen molar-refractivity contribution in [2.75, 3.05) is 146 Å². The minimum Gasteiger partial charge on any atom is -0.484 e. The van der Waals surface area contributed by atoms with Gasteiger partial charge in [-0.2, -0.15) is 10.5 Å². The molecule has 92 heavy (non-hydrogen) atoms. The van der Waals surface area contributed by atoms with Crippen LogP contribution < -0.4 is 40.2 Å². The Morgan fingerprint density at radius 1 is 0.565 bits per heavy atom. The molecule has 502 valence electrons. The molecule has 28 heteroatoms. The Morgan fingerprint density at radius 2 is 1.00 bits per heavy atom.